The molecule has 0 saturated heterocycles. The summed E-state index contributed by atoms with van der Waals surface area (Å²) in [6, 6.07) is 5.78. The van der Waals surface area contributed by atoms with E-state index in [9.17, 15) is 4.55 Å². The van der Waals surface area contributed by atoms with E-state index in [1.807, 2.05) is 39.0 Å². The van der Waals surface area contributed by atoms with Crippen LogP contribution in [-0.2, 0) is 22.7 Å². The molecule has 20 heavy (non-hydrogen) atoms. The van der Waals surface area contributed by atoms with Crippen LogP contribution in [-0.4, -0.2) is 16.4 Å². The van der Waals surface area contributed by atoms with E-state index in [4.69, 9.17) is 16.3 Å². The molecular formula is C15H24ClNO2S. The van der Waals surface area contributed by atoms with Gasteiger partial charge in [-0.3, -0.25) is 0 Å². The molecule has 1 aromatic carbocycles. The normalized spacial score (nSPS) is 15.2. The van der Waals surface area contributed by atoms with E-state index in [2.05, 4.69) is 11.6 Å². The minimum absolute atomic E-state index is 0.0254. The smallest absolute Gasteiger partial charge is 0.136 e. The van der Waals surface area contributed by atoms with Gasteiger partial charge in [0.2, 0.25) is 0 Å². The molecule has 0 radical (unpaired) electrons. The van der Waals surface area contributed by atoms with Crippen molar-refractivity contribution in [2.45, 2.75) is 51.5 Å². The molecule has 0 fully saturated rings. The topological polar surface area (TPSA) is 44.3 Å². The van der Waals surface area contributed by atoms with E-state index in [0.29, 0.717) is 11.6 Å². The Morgan fingerprint density at radius 1 is 1.40 bits per heavy atom. The van der Waals surface area contributed by atoms with Crippen LogP contribution in [0.5, 0.6) is 0 Å². The Morgan fingerprint density at radius 2 is 2.05 bits per heavy atom. The van der Waals surface area contributed by atoms with Crippen LogP contribution in [0.15, 0.2) is 18.2 Å². The van der Waals surface area contributed by atoms with Gasteiger partial charge in [-0.15, -0.1) is 4.72 Å². The largest absolute Gasteiger partial charge is 0.598 e. The third-order valence-electron chi connectivity index (χ3n) is 2.99. The number of rotatable bonds is 6. The molecule has 1 N–H and O–H groups in total. The van der Waals surface area contributed by atoms with Crippen molar-refractivity contribution in [3.05, 3.63) is 34.3 Å². The summed E-state index contributed by atoms with van der Waals surface area (Å²) in [5.74, 6) is 0. The van der Waals surface area contributed by atoms with Crippen molar-refractivity contribution in [2.24, 2.45) is 0 Å². The van der Waals surface area contributed by atoms with Crippen LogP contribution in [0, 0.1) is 0 Å². The summed E-state index contributed by atoms with van der Waals surface area (Å²) in [5, 5.41) is 0.688. The Morgan fingerprint density at radius 3 is 2.55 bits per heavy atom. The highest BCUT2D eigenvalue weighted by atomic mass is 35.5. The number of ether oxygens (including phenoxy) is 1. The summed E-state index contributed by atoms with van der Waals surface area (Å²) in [4.78, 5) is 0. The lowest BCUT2D eigenvalue weighted by molar-refractivity contribution is 0.183. The molecule has 0 aliphatic carbocycles. The third-order valence-corrected chi connectivity index (χ3v) is 4.84. The molecule has 1 aromatic rings. The van der Waals surface area contributed by atoms with Crippen molar-refractivity contribution in [1.29, 1.82) is 0 Å². The number of methoxy groups -OCH3 is 1. The van der Waals surface area contributed by atoms with Crippen molar-refractivity contribution in [1.82, 2.24) is 4.72 Å². The Kier molecular flexibility index (Phi) is 6.82. The first-order chi connectivity index (χ1) is 9.29. The lowest BCUT2D eigenvalue weighted by Gasteiger charge is -2.28. The Balaban J connectivity index is 3.00. The second-order valence-electron chi connectivity index (χ2n) is 5.74. The Hall–Kier alpha value is -0.260. The maximum absolute atomic E-state index is 12.3. The molecule has 114 valence electrons. The van der Waals surface area contributed by atoms with Crippen LogP contribution in [0.25, 0.3) is 0 Å². The summed E-state index contributed by atoms with van der Waals surface area (Å²) >= 11 is 4.93. The van der Waals surface area contributed by atoms with Crippen molar-refractivity contribution in [2.75, 3.05) is 7.11 Å². The third kappa shape index (κ3) is 4.93. The number of hydrogen-bond acceptors (Lipinski definition) is 3. The van der Waals surface area contributed by atoms with E-state index in [0.717, 1.165) is 17.5 Å². The first kappa shape index (κ1) is 17.8. The second kappa shape index (κ2) is 7.66. The van der Waals surface area contributed by atoms with Crippen LogP contribution in [0.2, 0.25) is 5.02 Å². The van der Waals surface area contributed by atoms with Gasteiger partial charge in [-0.25, -0.2) is 0 Å². The Labute approximate surface area is 130 Å². The highest BCUT2D eigenvalue weighted by Crippen LogP contribution is 2.27. The van der Waals surface area contributed by atoms with Crippen LogP contribution < -0.4 is 4.72 Å². The molecule has 0 aliphatic heterocycles. The molecule has 0 aromatic heterocycles. The maximum Gasteiger partial charge on any atom is 0.136 e. The average molecular weight is 318 g/mol. The van der Waals surface area contributed by atoms with E-state index in [1.165, 1.54) is 0 Å². The van der Waals surface area contributed by atoms with Crippen LogP contribution in [0.1, 0.15) is 51.3 Å². The minimum Gasteiger partial charge on any atom is -0.598 e. The Bertz CT molecular complexity index is 434. The van der Waals surface area contributed by atoms with Crippen LogP contribution >= 0.6 is 11.6 Å². The summed E-state index contributed by atoms with van der Waals surface area (Å²) in [6.07, 6.45) is 0.847. The molecule has 0 amide bonds. The summed E-state index contributed by atoms with van der Waals surface area (Å²) < 4.78 is 20.4. The van der Waals surface area contributed by atoms with Gasteiger partial charge < -0.3 is 9.29 Å². The van der Waals surface area contributed by atoms with Gasteiger partial charge >= 0.3 is 0 Å². The van der Waals surface area contributed by atoms with Gasteiger partial charge in [0.25, 0.3) is 0 Å². The molecule has 1 rings (SSSR count). The van der Waals surface area contributed by atoms with Gasteiger partial charge in [-0.1, -0.05) is 24.6 Å². The monoisotopic (exact) mass is 317 g/mol. The number of benzene rings is 1. The first-order valence-electron chi connectivity index (χ1n) is 6.75. The van der Waals surface area contributed by atoms with Crippen molar-refractivity contribution < 1.29 is 9.29 Å². The molecule has 3 nitrogen and oxygen atoms in total. The number of hydrogen-bond donors (Lipinski definition) is 1. The van der Waals surface area contributed by atoms with Gasteiger partial charge in [-0.05, 0) is 50.5 Å². The zero-order valence-corrected chi connectivity index (χ0v) is 14.4. The zero-order chi connectivity index (χ0) is 15.3. The average Bonchev–Trinajstić information content (AvgIpc) is 2.35. The highest BCUT2D eigenvalue weighted by Gasteiger charge is 2.29. The fourth-order valence-corrected chi connectivity index (χ4v) is 2.97. The summed E-state index contributed by atoms with van der Waals surface area (Å²) in [5.41, 5.74) is 2.13. The second-order valence-corrected chi connectivity index (χ2v) is 8.17. The molecule has 5 heteroatoms. The lowest BCUT2D eigenvalue weighted by Crippen LogP contribution is -2.41. The standard InChI is InChI=1S/C15H24ClNO2S/c1-6-14(17-20(18)15(2,3)4)13-8-7-12(16)9-11(13)10-19-5/h7-9,14,17H,6,10H2,1-5H3/t14-,20?/m1/s1. The summed E-state index contributed by atoms with van der Waals surface area (Å²) in [6.45, 7) is 8.45. The van der Waals surface area contributed by atoms with Gasteiger partial charge in [0.05, 0.1) is 12.6 Å². The van der Waals surface area contributed by atoms with Crippen molar-refractivity contribution >= 4 is 23.0 Å². The van der Waals surface area contributed by atoms with Gasteiger partial charge in [-0.2, -0.15) is 0 Å². The quantitative estimate of drug-likeness (QED) is 0.807. The van der Waals surface area contributed by atoms with E-state index >= 15 is 0 Å². The number of halogens is 1. The molecular weight excluding hydrogens is 294 g/mol. The lowest BCUT2D eigenvalue weighted by atomic mass is 9.99. The molecule has 2 atom stereocenters. The van der Waals surface area contributed by atoms with Gasteiger partial charge in [0.15, 0.2) is 0 Å². The summed E-state index contributed by atoms with van der Waals surface area (Å²) in [7, 11) is 1.66. The van der Waals surface area contributed by atoms with E-state index < -0.39 is 11.4 Å². The maximum atomic E-state index is 12.3. The SMILES string of the molecule is CC[C@@H](N[S+]([O-])C(C)(C)C)c1ccc(Cl)cc1COC. The highest BCUT2D eigenvalue weighted by molar-refractivity contribution is 7.90. The predicted octanol–water partition coefficient (Wildman–Crippen LogP) is 3.99. The number of nitrogens with one attached hydrogen (secondary N) is 1. The fourth-order valence-electron chi connectivity index (χ4n) is 1.87. The van der Waals surface area contributed by atoms with Crippen molar-refractivity contribution in [3.8, 4) is 0 Å². The molecule has 0 saturated carbocycles. The molecule has 0 heterocycles. The molecule has 1 unspecified atom stereocenters. The van der Waals surface area contributed by atoms with Gasteiger partial charge in [0.1, 0.15) is 4.75 Å². The van der Waals surface area contributed by atoms with E-state index in [1.54, 1.807) is 7.11 Å². The molecule has 0 spiro atoms. The van der Waals surface area contributed by atoms with Crippen LogP contribution in [0.3, 0.4) is 0 Å². The predicted molar refractivity (Wildman–Crippen MR) is 86.2 cm³/mol. The zero-order valence-electron chi connectivity index (χ0n) is 12.8. The fraction of sp³-hybridized carbons (Fsp3) is 0.600. The van der Waals surface area contributed by atoms with E-state index in [-0.39, 0.29) is 10.8 Å². The molecule has 0 bridgehead atoms. The van der Waals surface area contributed by atoms with Crippen molar-refractivity contribution in [3.63, 3.8) is 0 Å². The molecule has 0 aliphatic rings. The van der Waals surface area contributed by atoms with Crippen LogP contribution in [0.4, 0.5) is 0 Å². The minimum atomic E-state index is -1.11. The first-order valence-corrected chi connectivity index (χ1v) is 8.27. The van der Waals surface area contributed by atoms with Gasteiger partial charge in [0, 0.05) is 23.5 Å².